The molecule has 1 atom stereocenters. The Kier molecular flexibility index (Phi) is 7.44. The molecule has 5 rings (SSSR count). The summed E-state index contributed by atoms with van der Waals surface area (Å²) in [4.78, 5) is 31.2. The molecule has 2 fully saturated rings. The van der Waals surface area contributed by atoms with E-state index in [0.29, 0.717) is 24.4 Å². The predicted octanol–water partition coefficient (Wildman–Crippen LogP) is 3.38. The summed E-state index contributed by atoms with van der Waals surface area (Å²) >= 11 is 0. The number of rotatable bonds is 5. The van der Waals surface area contributed by atoms with Crippen molar-refractivity contribution in [3.63, 3.8) is 0 Å². The molecule has 2 saturated heterocycles. The molecule has 8 heteroatoms. The van der Waals surface area contributed by atoms with Gasteiger partial charge in [0.25, 0.3) is 5.91 Å². The molecule has 1 aliphatic carbocycles. The smallest absolute Gasteiger partial charge is 0.259 e. The zero-order valence-electron chi connectivity index (χ0n) is 21.9. The highest BCUT2D eigenvalue weighted by molar-refractivity contribution is 5.98. The van der Waals surface area contributed by atoms with Gasteiger partial charge in [0.1, 0.15) is 0 Å². The number of nitrogens with zero attached hydrogens (tertiary/aromatic N) is 4. The van der Waals surface area contributed by atoms with Gasteiger partial charge in [-0.3, -0.25) is 19.2 Å². The lowest BCUT2D eigenvalue weighted by Gasteiger charge is -2.38. The molecule has 4 aliphatic rings. The quantitative estimate of drug-likeness (QED) is 0.680. The van der Waals surface area contributed by atoms with Crippen LogP contribution < -0.4 is 5.32 Å². The number of piperazine rings is 1. The van der Waals surface area contributed by atoms with Crippen molar-refractivity contribution in [3.8, 4) is 0 Å². The van der Waals surface area contributed by atoms with E-state index in [9.17, 15) is 9.59 Å². The maximum atomic E-state index is 13.6. The average Bonchev–Trinajstić information content (AvgIpc) is 3.19. The molecule has 8 nitrogen and oxygen atoms in total. The van der Waals surface area contributed by atoms with Gasteiger partial charge in [0, 0.05) is 63.1 Å². The Morgan fingerprint density at radius 1 is 1.22 bits per heavy atom. The number of fused-ring (bicyclic) bond motifs is 2. The van der Waals surface area contributed by atoms with Gasteiger partial charge < -0.3 is 15.0 Å². The maximum Gasteiger partial charge on any atom is 0.259 e. The van der Waals surface area contributed by atoms with E-state index < -0.39 is 0 Å². The Balaban J connectivity index is 1.33. The molecule has 3 aliphatic heterocycles. The van der Waals surface area contributed by atoms with Gasteiger partial charge in [-0.2, -0.15) is 5.10 Å². The standard InChI is InChI=1S/C28H39N5O3/c1-4-5-20(3)31-10-12-32(13-11-31)28(35)23-7-6-21-17-26-24(27(34)30-25(21)16-19(23)2)18-29-33(26)22-8-14-36-15-9-22/h6,16,18,20,22H,4-5,7-15,17H2,1-3H3,(H,30,34). The van der Waals surface area contributed by atoms with E-state index in [1.165, 1.54) is 12.8 Å². The number of nitrogens with one attached hydrogen (secondary N) is 1. The molecule has 1 aromatic heterocycles. The fourth-order valence-corrected chi connectivity index (χ4v) is 5.96. The Hall–Kier alpha value is -2.71. The van der Waals surface area contributed by atoms with E-state index in [1.54, 1.807) is 6.20 Å². The fraction of sp³-hybridized carbons (Fsp3) is 0.607. The first kappa shape index (κ1) is 25.0. The van der Waals surface area contributed by atoms with Crippen LogP contribution >= 0.6 is 0 Å². The van der Waals surface area contributed by atoms with Crippen LogP contribution in [-0.4, -0.2) is 76.8 Å². The first-order chi connectivity index (χ1) is 17.5. The van der Waals surface area contributed by atoms with Crippen LogP contribution in [-0.2, 0) is 16.0 Å². The Morgan fingerprint density at radius 3 is 2.69 bits per heavy atom. The zero-order chi connectivity index (χ0) is 25.2. The molecular formula is C28H39N5O3. The largest absolute Gasteiger partial charge is 0.381 e. The lowest BCUT2D eigenvalue weighted by molar-refractivity contribution is -0.129. The number of amides is 2. The monoisotopic (exact) mass is 493 g/mol. The average molecular weight is 494 g/mol. The van der Waals surface area contributed by atoms with Crippen molar-refractivity contribution in [1.29, 1.82) is 0 Å². The van der Waals surface area contributed by atoms with E-state index in [0.717, 1.165) is 80.3 Å². The van der Waals surface area contributed by atoms with Gasteiger partial charge in [-0.05, 0) is 56.8 Å². The summed E-state index contributed by atoms with van der Waals surface area (Å²) in [5.74, 6) is -0.00225. The van der Waals surface area contributed by atoms with E-state index >= 15 is 0 Å². The predicted molar refractivity (Wildman–Crippen MR) is 138 cm³/mol. The van der Waals surface area contributed by atoms with Crippen molar-refractivity contribution < 1.29 is 14.3 Å². The molecule has 0 spiro atoms. The number of ether oxygens (including phenoxy) is 1. The highest BCUT2D eigenvalue weighted by atomic mass is 16.5. The van der Waals surface area contributed by atoms with Gasteiger partial charge in [-0.15, -0.1) is 0 Å². The molecule has 194 valence electrons. The van der Waals surface area contributed by atoms with Gasteiger partial charge in [0.15, 0.2) is 0 Å². The Bertz CT molecular complexity index is 1100. The van der Waals surface area contributed by atoms with Crippen LogP contribution in [0, 0.1) is 0 Å². The zero-order valence-corrected chi connectivity index (χ0v) is 21.9. The van der Waals surface area contributed by atoms with Crippen LogP contribution in [0.1, 0.15) is 75.0 Å². The van der Waals surface area contributed by atoms with Gasteiger partial charge in [-0.1, -0.05) is 19.4 Å². The van der Waals surface area contributed by atoms with Crippen LogP contribution in [0.2, 0.25) is 0 Å². The van der Waals surface area contributed by atoms with Crippen LogP contribution in [0.5, 0.6) is 0 Å². The molecule has 0 aromatic carbocycles. The number of hydrogen-bond acceptors (Lipinski definition) is 5. The molecule has 4 heterocycles. The van der Waals surface area contributed by atoms with Crippen molar-refractivity contribution in [2.45, 2.75) is 71.4 Å². The third kappa shape index (κ3) is 4.93. The second kappa shape index (κ2) is 10.7. The second-order valence-electron chi connectivity index (χ2n) is 10.5. The lowest BCUT2D eigenvalue weighted by atomic mass is 10.0. The SMILES string of the molecule is CCCC(C)N1CCN(C(=O)C2=C(C)C=C3NC(=O)c4cnn(C5CCOCC5)c4CC3=CC2)CC1. The summed E-state index contributed by atoms with van der Waals surface area (Å²) in [5.41, 5.74) is 5.21. The van der Waals surface area contributed by atoms with E-state index in [-0.39, 0.29) is 17.9 Å². The number of allylic oxidation sites excluding steroid dienone is 4. The number of carbonyl (C=O) groups excluding carboxylic acids is 2. The summed E-state index contributed by atoms with van der Waals surface area (Å²) in [6, 6.07) is 0.818. The third-order valence-corrected chi connectivity index (χ3v) is 8.21. The molecule has 0 saturated carbocycles. The summed E-state index contributed by atoms with van der Waals surface area (Å²) in [6.45, 7) is 11.3. The van der Waals surface area contributed by atoms with Crippen molar-refractivity contribution in [3.05, 3.63) is 52.0 Å². The normalized spacial score (nSPS) is 22.6. The maximum absolute atomic E-state index is 13.6. The van der Waals surface area contributed by atoms with Gasteiger partial charge in [0.05, 0.1) is 23.5 Å². The van der Waals surface area contributed by atoms with E-state index in [2.05, 4.69) is 35.2 Å². The van der Waals surface area contributed by atoms with Gasteiger partial charge in [-0.25, -0.2) is 0 Å². The molecule has 2 amide bonds. The topological polar surface area (TPSA) is 79.7 Å². The van der Waals surface area contributed by atoms with Crippen LogP contribution in [0.3, 0.4) is 0 Å². The van der Waals surface area contributed by atoms with Crippen LogP contribution in [0.25, 0.3) is 0 Å². The highest BCUT2D eigenvalue weighted by Crippen LogP contribution is 2.32. The highest BCUT2D eigenvalue weighted by Gasteiger charge is 2.31. The molecular weight excluding hydrogens is 454 g/mol. The van der Waals surface area contributed by atoms with E-state index in [4.69, 9.17) is 4.74 Å². The second-order valence-corrected chi connectivity index (χ2v) is 10.5. The summed E-state index contributed by atoms with van der Waals surface area (Å²) < 4.78 is 7.57. The molecule has 36 heavy (non-hydrogen) atoms. The number of aromatic nitrogens is 2. The van der Waals surface area contributed by atoms with Gasteiger partial charge in [0.2, 0.25) is 5.91 Å². The summed E-state index contributed by atoms with van der Waals surface area (Å²) in [5, 5.41) is 7.71. The van der Waals surface area contributed by atoms with Crippen molar-refractivity contribution in [2.24, 2.45) is 0 Å². The molecule has 1 aromatic rings. The van der Waals surface area contributed by atoms with Crippen molar-refractivity contribution in [2.75, 3.05) is 39.4 Å². The molecule has 1 unspecified atom stereocenters. The Labute approximate surface area is 214 Å². The van der Waals surface area contributed by atoms with Crippen LogP contribution in [0.15, 0.2) is 40.8 Å². The fourth-order valence-electron chi connectivity index (χ4n) is 5.96. The number of carbonyl (C=O) groups is 2. The van der Waals surface area contributed by atoms with Crippen molar-refractivity contribution in [1.82, 2.24) is 24.9 Å². The third-order valence-electron chi connectivity index (χ3n) is 8.21. The first-order valence-corrected chi connectivity index (χ1v) is 13.6. The summed E-state index contributed by atoms with van der Waals surface area (Å²) in [7, 11) is 0. The minimum atomic E-state index is -0.127. The van der Waals surface area contributed by atoms with Crippen LogP contribution in [0.4, 0.5) is 0 Å². The molecule has 0 radical (unpaired) electrons. The van der Waals surface area contributed by atoms with E-state index in [1.807, 2.05) is 22.6 Å². The van der Waals surface area contributed by atoms with Gasteiger partial charge >= 0.3 is 0 Å². The number of hydrogen-bond donors (Lipinski definition) is 1. The minimum absolute atomic E-state index is 0.125. The molecule has 0 bridgehead atoms. The minimum Gasteiger partial charge on any atom is -0.381 e. The lowest BCUT2D eigenvalue weighted by Crippen LogP contribution is -2.51. The first-order valence-electron chi connectivity index (χ1n) is 13.6. The summed E-state index contributed by atoms with van der Waals surface area (Å²) in [6.07, 6.45) is 11.2. The Morgan fingerprint density at radius 2 is 1.97 bits per heavy atom. The molecule has 1 N–H and O–H groups in total. The van der Waals surface area contributed by atoms with Crippen molar-refractivity contribution >= 4 is 11.8 Å².